The summed E-state index contributed by atoms with van der Waals surface area (Å²) in [5.41, 5.74) is -0.0518. The Labute approximate surface area is 115 Å². The summed E-state index contributed by atoms with van der Waals surface area (Å²) in [5.74, 6) is 0. The molecule has 0 saturated heterocycles. The zero-order valence-corrected chi connectivity index (χ0v) is 12.8. The summed E-state index contributed by atoms with van der Waals surface area (Å²) in [6.07, 6.45) is 0. The van der Waals surface area contributed by atoms with Crippen LogP contribution in [0, 0.1) is 0 Å². The lowest BCUT2D eigenvalue weighted by atomic mass is 9.89. The van der Waals surface area contributed by atoms with Crippen LogP contribution in [0.25, 0.3) is 0 Å². The molecule has 1 aromatic heterocycles. The number of hydrogen-bond donors (Lipinski definition) is 1. The van der Waals surface area contributed by atoms with Gasteiger partial charge < -0.3 is 14.4 Å². The van der Waals surface area contributed by atoms with E-state index in [1.165, 1.54) is 0 Å². The average molecular weight is 267 g/mol. The minimum Gasteiger partial charge on any atom is -0.386 e. The maximum atomic E-state index is 12.5. The molecule has 19 heavy (non-hydrogen) atoms. The van der Waals surface area contributed by atoms with Crippen LogP contribution in [0.1, 0.15) is 45.9 Å². The Morgan fingerprint density at radius 2 is 1.79 bits per heavy atom. The first-order valence-electron chi connectivity index (χ1n) is 6.55. The standard InChI is InChI=1S/C15H25NO3/c1-14(2,3)12-8-7-11(15(4,5)18)13(17)16(12)9-10-19-6/h7-8,18H,9-10H2,1-6H3. The molecule has 0 fully saturated rings. The summed E-state index contributed by atoms with van der Waals surface area (Å²) in [4.78, 5) is 12.5. The number of methoxy groups -OCH3 is 1. The van der Waals surface area contributed by atoms with Crippen LogP contribution in [-0.2, 0) is 22.3 Å². The van der Waals surface area contributed by atoms with Gasteiger partial charge in [-0.1, -0.05) is 20.8 Å². The second-order valence-corrected chi connectivity index (χ2v) is 6.39. The largest absolute Gasteiger partial charge is 0.386 e. The molecule has 1 N–H and O–H groups in total. The van der Waals surface area contributed by atoms with Gasteiger partial charge in [0.05, 0.1) is 12.2 Å². The van der Waals surface area contributed by atoms with Crippen LogP contribution in [-0.4, -0.2) is 23.4 Å². The first kappa shape index (κ1) is 15.9. The SMILES string of the molecule is COCCn1c(C(C)(C)C)ccc(C(C)(C)O)c1=O. The molecule has 4 nitrogen and oxygen atoms in total. The summed E-state index contributed by atoms with van der Waals surface area (Å²) in [7, 11) is 1.61. The minimum absolute atomic E-state index is 0.134. The van der Waals surface area contributed by atoms with Crippen LogP contribution < -0.4 is 5.56 Å². The van der Waals surface area contributed by atoms with Crippen LogP contribution in [0.15, 0.2) is 16.9 Å². The van der Waals surface area contributed by atoms with Gasteiger partial charge in [-0.2, -0.15) is 0 Å². The van der Waals surface area contributed by atoms with Crippen molar-refractivity contribution in [2.75, 3.05) is 13.7 Å². The summed E-state index contributed by atoms with van der Waals surface area (Å²) in [6.45, 7) is 10.4. The topological polar surface area (TPSA) is 51.5 Å². The number of aromatic nitrogens is 1. The van der Waals surface area contributed by atoms with E-state index < -0.39 is 5.60 Å². The van der Waals surface area contributed by atoms with Crippen molar-refractivity contribution in [3.8, 4) is 0 Å². The fraction of sp³-hybridized carbons (Fsp3) is 0.667. The fourth-order valence-electron chi connectivity index (χ4n) is 2.10. The molecule has 0 amide bonds. The number of nitrogens with zero attached hydrogens (tertiary/aromatic N) is 1. The van der Waals surface area contributed by atoms with Gasteiger partial charge in [0.1, 0.15) is 0 Å². The van der Waals surface area contributed by atoms with Crippen LogP contribution in [0.4, 0.5) is 0 Å². The van der Waals surface area contributed by atoms with Crippen molar-refractivity contribution in [3.63, 3.8) is 0 Å². The van der Waals surface area contributed by atoms with Crippen molar-refractivity contribution < 1.29 is 9.84 Å². The van der Waals surface area contributed by atoms with Gasteiger partial charge in [0.15, 0.2) is 0 Å². The van der Waals surface area contributed by atoms with E-state index in [4.69, 9.17) is 4.74 Å². The lowest BCUT2D eigenvalue weighted by molar-refractivity contribution is 0.0760. The minimum atomic E-state index is -1.14. The summed E-state index contributed by atoms with van der Waals surface area (Å²) >= 11 is 0. The molecule has 0 unspecified atom stereocenters. The molecule has 0 spiro atoms. The molecule has 1 rings (SSSR count). The molecule has 0 radical (unpaired) electrons. The van der Waals surface area contributed by atoms with E-state index in [0.717, 1.165) is 5.69 Å². The third-order valence-electron chi connectivity index (χ3n) is 3.12. The van der Waals surface area contributed by atoms with Gasteiger partial charge in [-0.05, 0) is 26.0 Å². The van der Waals surface area contributed by atoms with Crippen molar-refractivity contribution >= 4 is 0 Å². The highest BCUT2D eigenvalue weighted by Crippen LogP contribution is 2.23. The van der Waals surface area contributed by atoms with Crippen molar-refractivity contribution in [3.05, 3.63) is 33.7 Å². The van der Waals surface area contributed by atoms with E-state index >= 15 is 0 Å². The highest BCUT2D eigenvalue weighted by Gasteiger charge is 2.25. The summed E-state index contributed by atoms with van der Waals surface area (Å²) < 4.78 is 6.78. The molecule has 0 aliphatic carbocycles. The maximum Gasteiger partial charge on any atom is 0.256 e. The maximum absolute atomic E-state index is 12.5. The van der Waals surface area contributed by atoms with Gasteiger partial charge in [-0.3, -0.25) is 4.79 Å². The number of pyridine rings is 1. The normalized spacial score (nSPS) is 12.8. The van der Waals surface area contributed by atoms with Crippen molar-refractivity contribution in [2.24, 2.45) is 0 Å². The van der Waals surface area contributed by atoms with Crippen LogP contribution in [0.5, 0.6) is 0 Å². The van der Waals surface area contributed by atoms with E-state index in [1.54, 1.807) is 31.6 Å². The van der Waals surface area contributed by atoms with Gasteiger partial charge >= 0.3 is 0 Å². The smallest absolute Gasteiger partial charge is 0.256 e. The predicted octanol–water partition coefficient (Wildman–Crippen LogP) is 2.02. The second kappa shape index (κ2) is 5.47. The third-order valence-corrected chi connectivity index (χ3v) is 3.12. The average Bonchev–Trinajstić information content (AvgIpc) is 2.23. The Morgan fingerprint density at radius 1 is 1.21 bits per heavy atom. The highest BCUT2D eigenvalue weighted by molar-refractivity contribution is 5.24. The van der Waals surface area contributed by atoms with Crippen molar-refractivity contribution in [2.45, 2.75) is 52.2 Å². The number of aliphatic hydroxyl groups is 1. The van der Waals surface area contributed by atoms with Crippen LogP contribution >= 0.6 is 0 Å². The molecule has 4 heteroatoms. The van der Waals surface area contributed by atoms with Gasteiger partial charge in [0.25, 0.3) is 5.56 Å². The lowest BCUT2D eigenvalue weighted by Gasteiger charge is -2.27. The van der Waals surface area contributed by atoms with Gasteiger partial charge in [-0.25, -0.2) is 0 Å². The highest BCUT2D eigenvalue weighted by atomic mass is 16.5. The van der Waals surface area contributed by atoms with E-state index in [0.29, 0.717) is 18.7 Å². The number of ether oxygens (including phenoxy) is 1. The molecule has 0 aromatic carbocycles. The van der Waals surface area contributed by atoms with E-state index in [1.807, 2.05) is 6.07 Å². The Morgan fingerprint density at radius 3 is 2.21 bits per heavy atom. The molecule has 0 saturated carbocycles. The summed E-state index contributed by atoms with van der Waals surface area (Å²) in [6, 6.07) is 3.65. The third kappa shape index (κ3) is 3.67. The second-order valence-electron chi connectivity index (χ2n) is 6.39. The zero-order valence-electron chi connectivity index (χ0n) is 12.8. The molecule has 1 heterocycles. The molecule has 0 aliphatic heterocycles. The predicted molar refractivity (Wildman–Crippen MR) is 76.5 cm³/mol. The van der Waals surface area contributed by atoms with E-state index in [2.05, 4.69) is 20.8 Å². The number of rotatable bonds is 4. The Bertz CT molecular complexity index is 490. The monoisotopic (exact) mass is 267 g/mol. The van der Waals surface area contributed by atoms with Crippen molar-refractivity contribution in [1.29, 1.82) is 0 Å². The van der Waals surface area contributed by atoms with Gasteiger partial charge in [0, 0.05) is 30.3 Å². The molecule has 108 valence electrons. The molecular weight excluding hydrogens is 242 g/mol. The Hall–Kier alpha value is -1.13. The molecule has 0 atom stereocenters. The first-order valence-corrected chi connectivity index (χ1v) is 6.55. The molecular formula is C15H25NO3. The van der Waals surface area contributed by atoms with Gasteiger partial charge in [-0.15, -0.1) is 0 Å². The van der Waals surface area contributed by atoms with Crippen LogP contribution in [0.2, 0.25) is 0 Å². The van der Waals surface area contributed by atoms with E-state index in [9.17, 15) is 9.90 Å². The van der Waals surface area contributed by atoms with Crippen LogP contribution in [0.3, 0.4) is 0 Å². The van der Waals surface area contributed by atoms with Crippen molar-refractivity contribution in [1.82, 2.24) is 4.57 Å². The molecule has 0 bridgehead atoms. The lowest BCUT2D eigenvalue weighted by Crippen LogP contribution is -2.37. The Balaban J connectivity index is 3.46. The Kier molecular flexibility index (Phi) is 4.59. The first-order chi connectivity index (χ1) is 8.59. The molecule has 1 aromatic rings. The number of hydrogen-bond acceptors (Lipinski definition) is 3. The summed E-state index contributed by atoms with van der Waals surface area (Å²) in [5, 5.41) is 10.1. The van der Waals surface area contributed by atoms with E-state index in [-0.39, 0.29) is 11.0 Å². The fourth-order valence-corrected chi connectivity index (χ4v) is 2.10. The zero-order chi connectivity index (χ0) is 14.8. The molecule has 0 aliphatic rings. The van der Waals surface area contributed by atoms with Gasteiger partial charge in [0.2, 0.25) is 0 Å². The quantitative estimate of drug-likeness (QED) is 0.908.